The summed E-state index contributed by atoms with van der Waals surface area (Å²) < 4.78 is 5.92. The quantitative estimate of drug-likeness (QED) is 0.0245. The van der Waals surface area contributed by atoms with E-state index in [-0.39, 0.29) is 24.9 Å². The Morgan fingerprint density at radius 2 is 0.839 bits per heavy atom. The zero-order valence-electron chi connectivity index (χ0n) is 41.3. The van der Waals surface area contributed by atoms with Crippen LogP contribution in [0.5, 0.6) is 0 Å². The lowest BCUT2D eigenvalue weighted by atomic mass is 10.0. The minimum Gasteiger partial charge on any atom is -0.462 e. The second-order valence-electron chi connectivity index (χ2n) is 18.3. The number of nitrogens with one attached hydrogen (secondary N) is 1. The zero-order valence-corrected chi connectivity index (χ0v) is 41.3. The fraction of sp³-hybridized carbons (Fsp3) is 0.821. The van der Waals surface area contributed by atoms with Gasteiger partial charge in [-0.05, 0) is 77.0 Å². The molecular weight excluding hydrogens is 767 g/mol. The van der Waals surface area contributed by atoms with Crippen LogP contribution in [0.1, 0.15) is 271 Å². The van der Waals surface area contributed by atoms with Crippen LogP contribution in [0.2, 0.25) is 0 Å². The molecule has 1 amide bonds. The van der Waals surface area contributed by atoms with Crippen molar-refractivity contribution in [2.75, 3.05) is 6.61 Å². The van der Waals surface area contributed by atoms with Gasteiger partial charge in [-0.1, -0.05) is 230 Å². The van der Waals surface area contributed by atoms with Crippen LogP contribution in [-0.2, 0) is 14.3 Å². The van der Waals surface area contributed by atoms with Gasteiger partial charge in [-0.2, -0.15) is 0 Å². The second kappa shape index (κ2) is 49.8. The van der Waals surface area contributed by atoms with Gasteiger partial charge >= 0.3 is 5.97 Å². The maximum absolute atomic E-state index is 13.2. The molecule has 0 spiro atoms. The van der Waals surface area contributed by atoms with Gasteiger partial charge in [0.05, 0.1) is 25.2 Å². The van der Waals surface area contributed by atoms with Crippen molar-refractivity contribution in [1.82, 2.24) is 5.32 Å². The minimum absolute atomic E-state index is 0.0498. The van der Waals surface area contributed by atoms with E-state index in [0.717, 1.165) is 83.5 Å². The molecule has 0 aromatic rings. The molecule has 6 heteroatoms. The van der Waals surface area contributed by atoms with E-state index in [1.54, 1.807) is 0 Å². The number of carbonyl (C=O) groups is 2. The average Bonchev–Trinajstić information content (AvgIpc) is 3.26. The van der Waals surface area contributed by atoms with Gasteiger partial charge in [0.15, 0.2) is 0 Å². The Balaban J connectivity index is 4.67. The van der Waals surface area contributed by atoms with Crippen molar-refractivity contribution in [3.8, 4) is 0 Å². The Bertz CT molecular complexity index is 1070. The summed E-state index contributed by atoms with van der Waals surface area (Å²) in [5.74, 6) is -0.520. The number of unbranched alkanes of at least 4 members (excludes halogenated alkanes) is 30. The number of hydrogen-bond acceptors (Lipinski definition) is 5. The largest absolute Gasteiger partial charge is 0.462 e. The van der Waals surface area contributed by atoms with Crippen molar-refractivity contribution in [3.05, 3.63) is 48.6 Å². The summed E-state index contributed by atoms with van der Waals surface area (Å²) in [6.07, 6.45) is 60.2. The molecule has 0 aliphatic heterocycles. The first-order chi connectivity index (χ1) is 30.5. The SMILES string of the molecule is CCCCCCC/C=C/C=C/C=C/CCCCCC(CC(=O)NC(CO)C(O)CCCCCCCCCCCCCCC)OC(=O)CCCCC/C=C\CCCCCCCCC. The van der Waals surface area contributed by atoms with Crippen molar-refractivity contribution < 1.29 is 24.5 Å². The molecule has 0 aromatic heterocycles. The van der Waals surface area contributed by atoms with Crippen LogP contribution >= 0.6 is 0 Å². The number of amides is 1. The van der Waals surface area contributed by atoms with Crippen LogP contribution in [0.25, 0.3) is 0 Å². The van der Waals surface area contributed by atoms with Crippen molar-refractivity contribution in [1.29, 1.82) is 0 Å². The minimum atomic E-state index is -0.799. The van der Waals surface area contributed by atoms with Crippen LogP contribution in [0, 0.1) is 0 Å². The lowest BCUT2D eigenvalue weighted by molar-refractivity contribution is -0.151. The first-order valence-corrected chi connectivity index (χ1v) is 26.9. The van der Waals surface area contributed by atoms with E-state index >= 15 is 0 Å². The van der Waals surface area contributed by atoms with Gasteiger partial charge < -0.3 is 20.3 Å². The number of hydrogen-bond donors (Lipinski definition) is 3. The lowest BCUT2D eigenvalue weighted by Crippen LogP contribution is -2.46. The van der Waals surface area contributed by atoms with Gasteiger partial charge in [-0.15, -0.1) is 0 Å². The van der Waals surface area contributed by atoms with Crippen LogP contribution < -0.4 is 5.32 Å². The van der Waals surface area contributed by atoms with Gasteiger partial charge in [0.2, 0.25) is 5.91 Å². The maximum atomic E-state index is 13.2. The molecule has 0 radical (unpaired) electrons. The molecule has 3 unspecified atom stereocenters. The highest BCUT2D eigenvalue weighted by molar-refractivity contribution is 5.77. The van der Waals surface area contributed by atoms with E-state index in [1.165, 1.54) is 141 Å². The Hall–Kier alpha value is -2.18. The van der Waals surface area contributed by atoms with E-state index in [9.17, 15) is 19.8 Å². The van der Waals surface area contributed by atoms with Gasteiger partial charge in [0.25, 0.3) is 0 Å². The summed E-state index contributed by atoms with van der Waals surface area (Å²) in [4.78, 5) is 26.2. The Morgan fingerprint density at radius 3 is 1.29 bits per heavy atom. The van der Waals surface area contributed by atoms with E-state index in [1.807, 2.05) is 0 Å². The third-order valence-corrected chi connectivity index (χ3v) is 12.2. The first-order valence-electron chi connectivity index (χ1n) is 26.9. The topological polar surface area (TPSA) is 95.9 Å². The number of rotatable bonds is 48. The van der Waals surface area contributed by atoms with Crippen LogP contribution in [0.4, 0.5) is 0 Å². The highest BCUT2D eigenvalue weighted by Gasteiger charge is 2.24. The third-order valence-electron chi connectivity index (χ3n) is 12.2. The number of ether oxygens (including phenoxy) is 1. The molecule has 3 atom stereocenters. The van der Waals surface area contributed by atoms with E-state index in [0.29, 0.717) is 19.3 Å². The summed E-state index contributed by atoms with van der Waals surface area (Å²) in [5, 5.41) is 23.8. The van der Waals surface area contributed by atoms with Crippen LogP contribution in [0.15, 0.2) is 48.6 Å². The van der Waals surface area contributed by atoms with E-state index in [4.69, 9.17) is 4.74 Å². The van der Waals surface area contributed by atoms with Crippen LogP contribution in [-0.4, -0.2) is 46.9 Å². The van der Waals surface area contributed by atoms with Crippen molar-refractivity contribution in [2.45, 2.75) is 289 Å². The predicted octanol–water partition coefficient (Wildman–Crippen LogP) is 16.2. The van der Waals surface area contributed by atoms with E-state index < -0.39 is 18.2 Å². The molecule has 0 aliphatic rings. The second-order valence-corrected chi connectivity index (χ2v) is 18.3. The molecule has 0 saturated carbocycles. The summed E-state index contributed by atoms with van der Waals surface area (Å²) in [7, 11) is 0. The summed E-state index contributed by atoms with van der Waals surface area (Å²) in [6, 6.07) is -0.715. The molecule has 0 saturated heterocycles. The van der Waals surface area contributed by atoms with Crippen molar-refractivity contribution >= 4 is 11.9 Å². The van der Waals surface area contributed by atoms with E-state index in [2.05, 4.69) is 74.7 Å². The molecule has 0 bridgehead atoms. The normalized spacial score (nSPS) is 13.6. The number of carbonyl (C=O) groups excluding carboxylic acids is 2. The highest BCUT2D eigenvalue weighted by Crippen LogP contribution is 2.17. The van der Waals surface area contributed by atoms with Gasteiger partial charge in [-0.25, -0.2) is 0 Å². The Labute approximate surface area is 385 Å². The highest BCUT2D eigenvalue weighted by atomic mass is 16.5. The molecule has 62 heavy (non-hydrogen) atoms. The smallest absolute Gasteiger partial charge is 0.306 e. The molecule has 0 rings (SSSR count). The van der Waals surface area contributed by atoms with Crippen LogP contribution in [0.3, 0.4) is 0 Å². The van der Waals surface area contributed by atoms with Crippen molar-refractivity contribution in [3.63, 3.8) is 0 Å². The number of aliphatic hydroxyl groups is 2. The number of aliphatic hydroxyl groups excluding tert-OH is 2. The third kappa shape index (κ3) is 44.4. The lowest BCUT2D eigenvalue weighted by Gasteiger charge is -2.24. The fourth-order valence-electron chi connectivity index (χ4n) is 8.07. The standard InChI is InChI=1S/C56H103NO5/c1-4-7-10-13-16-19-22-25-27-28-30-32-35-38-41-44-47-52(62-56(61)49-46-43-40-37-34-31-26-23-20-17-14-11-8-5-2)50-55(60)57-53(51-58)54(59)48-45-42-39-36-33-29-24-21-18-15-12-9-6-3/h22,25,27-28,30-32,34,52-54,58-59H,4-21,23-24,26,29,33,35-51H2,1-3H3,(H,57,60)/b25-22+,28-27+,32-30+,34-31-. The van der Waals surface area contributed by atoms with Gasteiger partial charge in [0, 0.05) is 6.42 Å². The molecule has 3 N–H and O–H groups in total. The molecule has 0 aliphatic carbocycles. The monoisotopic (exact) mass is 870 g/mol. The first kappa shape index (κ1) is 59.8. The molecule has 0 fully saturated rings. The number of esters is 1. The Morgan fingerprint density at radius 1 is 0.468 bits per heavy atom. The molecule has 6 nitrogen and oxygen atoms in total. The Kier molecular flexibility index (Phi) is 48.1. The fourth-order valence-corrected chi connectivity index (χ4v) is 8.07. The van der Waals surface area contributed by atoms with Gasteiger partial charge in [0.1, 0.15) is 6.10 Å². The number of allylic oxidation sites excluding steroid dienone is 8. The molecule has 362 valence electrons. The van der Waals surface area contributed by atoms with Crippen molar-refractivity contribution in [2.24, 2.45) is 0 Å². The molecule has 0 heterocycles. The summed E-state index contributed by atoms with van der Waals surface area (Å²) >= 11 is 0. The summed E-state index contributed by atoms with van der Waals surface area (Å²) in [6.45, 7) is 6.46. The summed E-state index contributed by atoms with van der Waals surface area (Å²) in [5.41, 5.74) is 0. The average molecular weight is 870 g/mol. The van der Waals surface area contributed by atoms with Gasteiger partial charge in [-0.3, -0.25) is 9.59 Å². The maximum Gasteiger partial charge on any atom is 0.306 e. The predicted molar refractivity (Wildman–Crippen MR) is 269 cm³/mol. The molecular formula is C56H103NO5. The zero-order chi connectivity index (χ0) is 45.2. The molecule has 0 aromatic carbocycles.